The van der Waals surface area contributed by atoms with Crippen LogP contribution in [0.15, 0.2) is 35.9 Å². The molecule has 1 aromatic rings. The molecular weight excluding hydrogens is 300 g/mol. The Labute approximate surface area is 143 Å². The summed E-state index contributed by atoms with van der Waals surface area (Å²) in [6.45, 7) is 1.96. The van der Waals surface area contributed by atoms with Gasteiger partial charge in [0.2, 0.25) is 11.8 Å². The van der Waals surface area contributed by atoms with Crippen molar-refractivity contribution in [2.45, 2.75) is 51.5 Å². The third-order valence-electron chi connectivity index (χ3n) is 4.95. The molecule has 4 heteroatoms. The zero-order chi connectivity index (χ0) is 16.8. The van der Waals surface area contributed by atoms with Crippen LogP contribution in [0.5, 0.6) is 0 Å². The molecule has 128 valence electrons. The fourth-order valence-electron chi connectivity index (χ4n) is 3.51. The highest BCUT2D eigenvalue weighted by Gasteiger charge is 2.22. The summed E-state index contributed by atoms with van der Waals surface area (Å²) in [6.07, 6.45) is 8.90. The number of carbonyl (C=O) groups is 2. The molecule has 0 aromatic heterocycles. The average molecular weight is 326 g/mol. The van der Waals surface area contributed by atoms with E-state index in [0.717, 1.165) is 25.7 Å². The van der Waals surface area contributed by atoms with Crippen molar-refractivity contribution in [3.05, 3.63) is 47.0 Å². The summed E-state index contributed by atoms with van der Waals surface area (Å²) in [5, 5.41) is 2.89. The molecule has 0 saturated heterocycles. The normalized spacial score (nSPS) is 17.0. The van der Waals surface area contributed by atoms with Crippen molar-refractivity contribution >= 4 is 11.8 Å². The van der Waals surface area contributed by atoms with E-state index in [9.17, 15) is 9.59 Å². The van der Waals surface area contributed by atoms with E-state index in [1.54, 1.807) is 4.90 Å². The van der Waals surface area contributed by atoms with Crippen molar-refractivity contribution in [1.82, 2.24) is 10.2 Å². The minimum absolute atomic E-state index is 0.0405. The quantitative estimate of drug-likeness (QED) is 0.668. The number of nitrogens with zero attached hydrogens (tertiary/aromatic N) is 1. The van der Waals surface area contributed by atoms with Gasteiger partial charge in [-0.05, 0) is 49.7 Å². The van der Waals surface area contributed by atoms with Crippen LogP contribution in [0.3, 0.4) is 0 Å². The Kier molecular flexibility index (Phi) is 5.68. The summed E-state index contributed by atoms with van der Waals surface area (Å²) in [7, 11) is 0. The van der Waals surface area contributed by atoms with Gasteiger partial charge in [0.05, 0.1) is 0 Å². The molecule has 0 spiro atoms. The molecule has 1 heterocycles. The monoisotopic (exact) mass is 326 g/mol. The third-order valence-corrected chi connectivity index (χ3v) is 4.95. The molecular formula is C20H26N2O2. The van der Waals surface area contributed by atoms with E-state index in [4.69, 9.17) is 0 Å². The van der Waals surface area contributed by atoms with E-state index < -0.39 is 0 Å². The van der Waals surface area contributed by atoms with Gasteiger partial charge in [0, 0.05) is 19.6 Å². The Hall–Kier alpha value is -2.10. The van der Waals surface area contributed by atoms with E-state index in [0.29, 0.717) is 19.6 Å². The van der Waals surface area contributed by atoms with Gasteiger partial charge in [-0.1, -0.05) is 35.9 Å². The number of fused-ring (bicyclic) bond motifs is 1. The van der Waals surface area contributed by atoms with Crippen LogP contribution in [0.1, 0.15) is 49.7 Å². The summed E-state index contributed by atoms with van der Waals surface area (Å²) in [4.78, 5) is 26.1. The lowest BCUT2D eigenvalue weighted by Crippen LogP contribution is -2.39. The SMILES string of the molecule is O=C(CC(=O)N1CCc2ccccc2C1)NCCC1=CCCCC1. The number of hydrogen-bond donors (Lipinski definition) is 1. The van der Waals surface area contributed by atoms with Crippen LogP contribution in [0.2, 0.25) is 0 Å². The van der Waals surface area contributed by atoms with Gasteiger partial charge >= 0.3 is 0 Å². The highest BCUT2D eigenvalue weighted by molar-refractivity contribution is 5.96. The number of benzene rings is 1. The predicted octanol–water partition coefficient (Wildman–Crippen LogP) is 2.97. The van der Waals surface area contributed by atoms with Crippen molar-refractivity contribution in [3.8, 4) is 0 Å². The average Bonchev–Trinajstić information content (AvgIpc) is 2.62. The largest absolute Gasteiger partial charge is 0.355 e. The minimum atomic E-state index is -0.157. The lowest BCUT2D eigenvalue weighted by Gasteiger charge is -2.28. The third kappa shape index (κ3) is 4.47. The molecule has 0 unspecified atom stereocenters. The molecule has 1 aliphatic carbocycles. The fraction of sp³-hybridized carbons (Fsp3) is 0.500. The molecule has 1 aliphatic heterocycles. The summed E-state index contributed by atoms with van der Waals surface area (Å²) < 4.78 is 0. The van der Waals surface area contributed by atoms with E-state index in [1.165, 1.54) is 29.5 Å². The number of amides is 2. The van der Waals surface area contributed by atoms with Crippen molar-refractivity contribution in [1.29, 1.82) is 0 Å². The van der Waals surface area contributed by atoms with Crippen LogP contribution in [-0.2, 0) is 22.6 Å². The van der Waals surface area contributed by atoms with Gasteiger partial charge in [0.25, 0.3) is 0 Å². The molecule has 2 aliphatic rings. The second-order valence-electron chi connectivity index (χ2n) is 6.72. The Bertz CT molecular complexity index is 636. The van der Waals surface area contributed by atoms with E-state index in [2.05, 4.69) is 23.5 Å². The predicted molar refractivity (Wildman–Crippen MR) is 94.4 cm³/mol. The van der Waals surface area contributed by atoms with Crippen LogP contribution >= 0.6 is 0 Å². The molecule has 3 rings (SSSR count). The van der Waals surface area contributed by atoms with Gasteiger partial charge in [-0.3, -0.25) is 9.59 Å². The van der Waals surface area contributed by atoms with Crippen LogP contribution in [0.25, 0.3) is 0 Å². The van der Waals surface area contributed by atoms with Crippen LogP contribution in [-0.4, -0.2) is 29.8 Å². The molecule has 24 heavy (non-hydrogen) atoms. The smallest absolute Gasteiger partial charge is 0.232 e. The Morgan fingerprint density at radius 3 is 2.71 bits per heavy atom. The Morgan fingerprint density at radius 2 is 1.92 bits per heavy atom. The van der Waals surface area contributed by atoms with Gasteiger partial charge in [-0.15, -0.1) is 0 Å². The van der Waals surface area contributed by atoms with Gasteiger partial charge in [-0.25, -0.2) is 0 Å². The Morgan fingerprint density at radius 1 is 1.08 bits per heavy atom. The lowest BCUT2D eigenvalue weighted by molar-refractivity contribution is -0.136. The zero-order valence-corrected chi connectivity index (χ0v) is 14.2. The highest BCUT2D eigenvalue weighted by Crippen LogP contribution is 2.20. The summed E-state index contributed by atoms with van der Waals surface area (Å²) in [6, 6.07) is 8.21. The molecule has 1 aromatic carbocycles. The van der Waals surface area contributed by atoms with Crippen LogP contribution in [0.4, 0.5) is 0 Å². The molecule has 4 nitrogen and oxygen atoms in total. The van der Waals surface area contributed by atoms with Crippen molar-refractivity contribution in [2.75, 3.05) is 13.1 Å². The molecule has 0 saturated carbocycles. The number of nitrogens with one attached hydrogen (secondary N) is 1. The number of rotatable bonds is 5. The first-order valence-corrected chi connectivity index (χ1v) is 9.01. The maximum Gasteiger partial charge on any atom is 0.232 e. The maximum atomic E-state index is 12.3. The van der Waals surface area contributed by atoms with Gasteiger partial charge < -0.3 is 10.2 Å². The number of hydrogen-bond acceptors (Lipinski definition) is 2. The Balaban J connectivity index is 1.41. The van der Waals surface area contributed by atoms with E-state index in [-0.39, 0.29) is 18.2 Å². The van der Waals surface area contributed by atoms with Crippen LogP contribution in [0, 0.1) is 0 Å². The standard InChI is InChI=1S/C20H26N2O2/c23-19(21-12-10-16-6-2-1-3-7-16)14-20(24)22-13-11-17-8-4-5-9-18(17)15-22/h4-6,8-9H,1-3,7,10-15H2,(H,21,23). The molecule has 0 bridgehead atoms. The van der Waals surface area contributed by atoms with Gasteiger partial charge in [0.15, 0.2) is 0 Å². The van der Waals surface area contributed by atoms with Crippen molar-refractivity contribution in [3.63, 3.8) is 0 Å². The maximum absolute atomic E-state index is 12.3. The molecule has 2 amide bonds. The van der Waals surface area contributed by atoms with E-state index >= 15 is 0 Å². The molecule has 0 atom stereocenters. The fourth-order valence-corrected chi connectivity index (χ4v) is 3.51. The van der Waals surface area contributed by atoms with Gasteiger partial charge in [-0.2, -0.15) is 0 Å². The lowest BCUT2D eigenvalue weighted by atomic mass is 9.97. The van der Waals surface area contributed by atoms with E-state index in [1.807, 2.05) is 12.1 Å². The number of allylic oxidation sites excluding steroid dienone is 1. The van der Waals surface area contributed by atoms with Crippen molar-refractivity contribution < 1.29 is 9.59 Å². The number of carbonyl (C=O) groups excluding carboxylic acids is 2. The molecule has 0 radical (unpaired) electrons. The minimum Gasteiger partial charge on any atom is -0.355 e. The first-order chi connectivity index (χ1) is 11.7. The second-order valence-corrected chi connectivity index (χ2v) is 6.72. The first-order valence-electron chi connectivity index (χ1n) is 9.01. The summed E-state index contributed by atoms with van der Waals surface area (Å²) >= 11 is 0. The van der Waals surface area contributed by atoms with Crippen molar-refractivity contribution in [2.24, 2.45) is 0 Å². The topological polar surface area (TPSA) is 49.4 Å². The second kappa shape index (κ2) is 8.13. The summed E-state index contributed by atoms with van der Waals surface area (Å²) in [5.74, 6) is -0.228. The zero-order valence-electron chi connectivity index (χ0n) is 14.2. The first kappa shape index (κ1) is 16.7. The highest BCUT2D eigenvalue weighted by atomic mass is 16.2. The van der Waals surface area contributed by atoms with Gasteiger partial charge in [0.1, 0.15) is 6.42 Å². The van der Waals surface area contributed by atoms with Crippen LogP contribution < -0.4 is 5.32 Å². The molecule has 0 fully saturated rings. The molecule has 1 N–H and O–H groups in total. The summed E-state index contributed by atoms with van der Waals surface area (Å²) in [5.41, 5.74) is 3.95.